The van der Waals surface area contributed by atoms with Crippen molar-refractivity contribution in [3.05, 3.63) is 23.4 Å². The SMILES string of the molecule is O=C(CCCCNc1ncccc1Cl)NC1CCC(O)CC1. The second kappa shape index (κ2) is 8.96. The lowest BCUT2D eigenvalue weighted by Crippen LogP contribution is -2.38. The van der Waals surface area contributed by atoms with Crippen LogP contribution in [0.3, 0.4) is 0 Å². The summed E-state index contributed by atoms with van der Waals surface area (Å²) in [6.45, 7) is 0.750. The molecule has 1 aromatic rings. The van der Waals surface area contributed by atoms with Gasteiger partial charge in [0.25, 0.3) is 0 Å². The fourth-order valence-electron chi connectivity index (χ4n) is 2.65. The Balaban J connectivity index is 1.55. The molecule has 0 atom stereocenters. The first-order chi connectivity index (χ1) is 10.6. The van der Waals surface area contributed by atoms with Crippen molar-refractivity contribution < 1.29 is 9.90 Å². The maximum absolute atomic E-state index is 11.9. The van der Waals surface area contributed by atoms with Gasteiger partial charge in [0.1, 0.15) is 5.82 Å². The molecule has 1 aliphatic carbocycles. The van der Waals surface area contributed by atoms with Crippen molar-refractivity contribution in [3.8, 4) is 0 Å². The average Bonchev–Trinajstić information content (AvgIpc) is 2.51. The van der Waals surface area contributed by atoms with E-state index in [0.29, 0.717) is 17.3 Å². The van der Waals surface area contributed by atoms with E-state index in [4.69, 9.17) is 11.6 Å². The molecule has 0 bridgehead atoms. The molecule has 0 radical (unpaired) electrons. The number of carbonyl (C=O) groups is 1. The minimum absolute atomic E-state index is 0.109. The number of anilines is 1. The summed E-state index contributed by atoms with van der Waals surface area (Å²) < 4.78 is 0. The number of nitrogens with zero attached hydrogens (tertiary/aromatic N) is 1. The molecule has 1 aromatic heterocycles. The van der Waals surface area contributed by atoms with Gasteiger partial charge in [-0.15, -0.1) is 0 Å². The molecule has 0 spiro atoms. The first-order valence-corrected chi connectivity index (χ1v) is 8.35. The van der Waals surface area contributed by atoms with Crippen LogP contribution in [0.25, 0.3) is 0 Å². The summed E-state index contributed by atoms with van der Waals surface area (Å²) in [6.07, 6.45) is 7.12. The van der Waals surface area contributed by atoms with Gasteiger partial charge in [-0.1, -0.05) is 11.6 Å². The third-order valence-corrected chi connectivity index (χ3v) is 4.25. The summed E-state index contributed by atoms with van der Waals surface area (Å²) in [5.41, 5.74) is 0. The zero-order valence-corrected chi connectivity index (χ0v) is 13.5. The first-order valence-electron chi connectivity index (χ1n) is 7.97. The van der Waals surface area contributed by atoms with Gasteiger partial charge in [-0.05, 0) is 50.7 Å². The summed E-state index contributed by atoms with van der Waals surface area (Å²) in [5.74, 6) is 0.798. The highest BCUT2D eigenvalue weighted by atomic mass is 35.5. The number of hydrogen-bond donors (Lipinski definition) is 3. The van der Waals surface area contributed by atoms with E-state index in [1.54, 1.807) is 18.3 Å². The Kier molecular flexibility index (Phi) is 6.93. The highest BCUT2D eigenvalue weighted by Gasteiger charge is 2.20. The van der Waals surface area contributed by atoms with Crippen LogP contribution in [-0.2, 0) is 4.79 Å². The Hall–Kier alpha value is -1.33. The Morgan fingerprint density at radius 3 is 2.82 bits per heavy atom. The number of aliphatic hydroxyl groups excluding tert-OH is 1. The first kappa shape index (κ1) is 17.0. The minimum Gasteiger partial charge on any atom is -0.393 e. The van der Waals surface area contributed by atoms with E-state index in [-0.39, 0.29) is 18.1 Å². The summed E-state index contributed by atoms with van der Waals surface area (Å²) in [6, 6.07) is 3.83. The van der Waals surface area contributed by atoms with Gasteiger partial charge in [-0.25, -0.2) is 4.98 Å². The highest BCUT2D eigenvalue weighted by Crippen LogP contribution is 2.19. The van der Waals surface area contributed by atoms with Crippen molar-refractivity contribution in [1.82, 2.24) is 10.3 Å². The van der Waals surface area contributed by atoms with Crippen LogP contribution in [0.5, 0.6) is 0 Å². The van der Waals surface area contributed by atoms with Crippen LogP contribution in [0, 0.1) is 0 Å². The van der Waals surface area contributed by atoms with Crippen LogP contribution in [-0.4, -0.2) is 34.7 Å². The Morgan fingerprint density at radius 2 is 2.09 bits per heavy atom. The van der Waals surface area contributed by atoms with E-state index in [0.717, 1.165) is 45.1 Å². The van der Waals surface area contributed by atoms with Gasteiger partial charge in [-0.2, -0.15) is 0 Å². The molecule has 6 heteroatoms. The lowest BCUT2D eigenvalue weighted by atomic mass is 9.93. The van der Waals surface area contributed by atoms with Crippen molar-refractivity contribution >= 4 is 23.3 Å². The molecular formula is C16H24ClN3O2. The third-order valence-electron chi connectivity index (χ3n) is 3.94. The molecule has 0 aliphatic heterocycles. The largest absolute Gasteiger partial charge is 0.393 e. The quantitative estimate of drug-likeness (QED) is 0.674. The molecule has 1 heterocycles. The number of hydrogen-bond acceptors (Lipinski definition) is 4. The number of rotatable bonds is 7. The lowest BCUT2D eigenvalue weighted by Gasteiger charge is -2.26. The van der Waals surface area contributed by atoms with Crippen LogP contribution in [0.1, 0.15) is 44.9 Å². The Labute approximate surface area is 136 Å². The lowest BCUT2D eigenvalue weighted by molar-refractivity contribution is -0.122. The van der Waals surface area contributed by atoms with E-state index in [1.807, 2.05) is 0 Å². The van der Waals surface area contributed by atoms with Gasteiger partial charge in [0.05, 0.1) is 11.1 Å². The van der Waals surface area contributed by atoms with Gasteiger partial charge < -0.3 is 15.7 Å². The molecule has 122 valence electrons. The van der Waals surface area contributed by atoms with E-state index in [9.17, 15) is 9.90 Å². The van der Waals surface area contributed by atoms with Crippen LogP contribution in [0.4, 0.5) is 5.82 Å². The predicted molar refractivity (Wildman–Crippen MR) is 88.0 cm³/mol. The number of halogens is 1. The van der Waals surface area contributed by atoms with E-state index in [2.05, 4.69) is 15.6 Å². The van der Waals surface area contributed by atoms with Crippen molar-refractivity contribution in [2.75, 3.05) is 11.9 Å². The van der Waals surface area contributed by atoms with Gasteiger partial charge in [0.15, 0.2) is 0 Å². The summed E-state index contributed by atoms with van der Waals surface area (Å²) in [4.78, 5) is 16.0. The van der Waals surface area contributed by atoms with E-state index < -0.39 is 0 Å². The van der Waals surface area contributed by atoms with Gasteiger partial charge in [0.2, 0.25) is 5.91 Å². The maximum atomic E-state index is 11.9. The third kappa shape index (κ3) is 5.81. The molecule has 2 rings (SSSR count). The van der Waals surface area contributed by atoms with Crippen molar-refractivity contribution in [2.24, 2.45) is 0 Å². The number of aliphatic hydroxyl groups is 1. The van der Waals surface area contributed by atoms with Gasteiger partial charge in [-0.3, -0.25) is 4.79 Å². The number of carbonyl (C=O) groups excluding carboxylic acids is 1. The standard InChI is InChI=1S/C16H24ClN3O2/c17-14-4-3-11-19-16(14)18-10-2-1-5-15(22)20-12-6-8-13(21)9-7-12/h3-4,11-13,21H,1-2,5-10H2,(H,18,19)(H,20,22). The fraction of sp³-hybridized carbons (Fsp3) is 0.625. The number of pyridine rings is 1. The molecule has 1 fully saturated rings. The molecule has 5 nitrogen and oxygen atoms in total. The van der Waals surface area contributed by atoms with E-state index in [1.165, 1.54) is 0 Å². The van der Waals surface area contributed by atoms with E-state index >= 15 is 0 Å². The topological polar surface area (TPSA) is 74.2 Å². The molecular weight excluding hydrogens is 302 g/mol. The van der Waals surface area contributed by atoms with Crippen molar-refractivity contribution in [3.63, 3.8) is 0 Å². The minimum atomic E-state index is -0.183. The molecule has 0 aromatic carbocycles. The molecule has 0 unspecified atom stereocenters. The van der Waals surface area contributed by atoms with Crippen LogP contribution in [0.15, 0.2) is 18.3 Å². The Morgan fingerprint density at radius 1 is 1.32 bits per heavy atom. The average molecular weight is 326 g/mol. The summed E-state index contributed by atoms with van der Waals surface area (Å²) >= 11 is 6.00. The summed E-state index contributed by atoms with van der Waals surface area (Å²) in [5, 5.41) is 16.3. The van der Waals surface area contributed by atoms with Crippen LogP contribution < -0.4 is 10.6 Å². The van der Waals surface area contributed by atoms with Gasteiger partial charge >= 0.3 is 0 Å². The molecule has 0 saturated heterocycles. The smallest absolute Gasteiger partial charge is 0.220 e. The van der Waals surface area contributed by atoms with Crippen molar-refractivity contribution in [1.29, 1.82) is 0 Å². The molecule has 1 saturated carbocycles. The molecule has 1 amide bonds. The number of amides is 1. The second-order valence-electron chi connectivity index (χ2n) is 5.79. The zero-order chi connectivity index (χ0) is 15.8. The summed E-state index contributed by atoms with van der Waals surface area (Å²) in [7, 11) is 0. The van der Waals surface area contributed by atoms with Gasteiger partial charge in [0, 0.05) is 25.2 Å². The van der Waals surface area contributed by atoms with Crippen LogP contribution >= 0.6 is 11.6 Å². The Bertz CT molecular complexity index is 476. The molecule has 22 heavy (non-hydrogen) atoms. The predicted octanol–water partition coefficient (Wildman–Crippen LogP) is 2.74. The maximum Gasteiger partial charge on any atom is 0.220 e. The fourth-order valence-corrected chi connectivity index (χ4v) is 2.84. The monoisotopic (exact) mass is 325 g/mol. The normalized spacial score (nSPS) is 21.4. The van der Waals surface area contributed by atoms with Crippen molar-refractivity contribution in [2.45, 2.75) is 57.1 Å². The second-order valence-corrected chi connectivity index (χ2v) is 6.20. The number of aromatic nitrogens is 1. The van der Waals surface area contributed by atoms with Crippen LogP contribution in [0.2, 0.25) is 5.02 Å². The molecule has 3 N–H and O–H groups in total. The molecule has 1 aliphatic rings. The zero-order valence-electron chi connectivity index (χ0n) is 12.7. The number of unbranched alkanes of at least 4 members (excludes halogenated alkanes) is 1. The number of nitrogens with one attached hydrogen (secondary N) is 2. The highest BCUT2D eigenvalue weighted by molar-refractivity contribution is 6.32.